The normalized spacial score (nSPS) is 14.5. The standard InChI is InChI=1S/C17H15F4N3/c1-23-6-7-24(11-23)10-12-2-5-16(22-9-12)13-3-4-15(18)14(8-13)17(19,20)21/h2-9H,10-11H2,1H3. The summed E-state index contributed by atoms with van der Waals surface area (Å²) in [5, 5.41) is 0. The summed E-state index contributed by atoms with van der Waals surface area (Å²) < 4.78 is 51.7. The van der Waals surface area contributed by atoms with Crippen molar-refractivity contribution in [2.45, 2.75) is 12.7 Å². The quantitative estimate of drug-likeness (QED) is 0.787. The Morgan fingerprint density at radius 2 is 1.92 bits per heavy atom. The summed E-state index contributed by atoms with van der Waals surface area (Å²) in [6.07, 6.45) is 0.814. The van der Waals surface area contributed by atoms with E-state index in [-0.39, 0.29) is 5.56 Å². The van der Waals surface area contributed by atoms with Gasteiger partial charge in [0.25, 0.3) is 0 Å². The molecule has 0 N–H and O–H groups in total. The van der Waals surface area contributed by atoms with Gasteiger partial charge in [0, 0.05) is 37.8 Å². The van der Waals surface area contributed by atoms with Gasteiger partial charge in [-0.15, -0.1) is 0 Å². The predicted molar refractivity (Wildman–Crippen MR) is 81.9 cm³/mol. The van der Waals surface area contributed by atoms with E-state index in [4.69, 9.17) is 0 Å². The highest BCUT2D eigenvalue weighted by Crippen LogP contribution is 2.33. The smallest absolute Gasteiger partial charge is 0.362 e. The average molecular weight is 337 g/mol. The third kappa shape index (κ3) is 3.50. The third-order valence-electron chi connectivity index (χ3n) is 3.71. The molecule has 1 aromatic carbocycles. The van der Waals surface area contributed by atoms with Crippen molar-refractivity contribution in [2.24, 2.45) is 0 Å². The summed E-state index contributed by atoms with van der Waals surface area (Å²) in [6.45, 7) is 1.43. The topological polar surface area (TPSA) is 19.4 Å². The van der Waals surface area contributed by atoms with Crippen molar-refractivity contribution in [3.8, 4) is 11.3 Å². The van der Waals surface area contributed by atoms with Gasteiger partial charge >= 0.3 is 6.18 Å². The lowest BCUT2D eigenvalue weighted by molar-refractivity contribution is -0.139. The zero-order chi connectivity index (χ0) is 17.3. The van der Waals surface area contributed by atoms with Crippen LogP contribution in [0.1, 0.15) is 11.1 Å². The summed E-state index contributed by atoms with van der Waals surface area (Å²) in [6, 6.07) is 6.36. The number of aromatic nitrogens is 1. The second-order valence-electron chi connectivity index (χ2n) is 5.69. The Bertz CT molecular complexity index is 753. The molecular formula is C17H15F4N3. The summed E-state index contributed by atoms with van der Waals surface area (Å²) >= 11 is 0. The van der Waals surface area contributed by atoms with Crippen LogP contribution in [-0.4, -0.2) is 28.5 Å². The van der Waals surface area contributed by atoms with Crippen molar-refractivity contribution in [3.63, 3.8) is 0 Å². The zero-order valence-corrected chi connectivity index (χ0v) is 12.9. The average Bonchev–Trinajstić information content (AvgIpc) is 2.92. The molecule has 3 nitrogen and oxygen atoms in total. The number of alkyl halides is 3. The van der Waals surface area contributed by atoms with Crippen molar-refractivity contribution >= 4 is 0 Å². The van der Waals surface area contributed by atoms with Gasteiger partial charge in [0.05, 0.1) is 17.9 Å². The van der Waals surface area contributed by atoms with Gasteiger partial charge in [0.1, 0.15) is 5.82 Å². The van der Waals surface area contributed by atoms with Crippen LogP contribution in [0.3, 0.4) is 0 Å². The fraction of sp³-hybridized carbons (Fsp3) is 0.235. The summed E-state index contributed by atoms with van der Waals surface area (Å²) in [4.78, 5) is 8.32. The van der Waals surface area contributed by atoms with E-state index < -0.39 is 17.6 Å². The largest absolute Gasteiger partial charge is 0.419 e. The third-order valence-corrected chi connectivity index (χ3v) is 3.71. The second kappa shape index (κ2) is 6.14. The van der Waals surface area contributed by atoms with Crippen molar-refractivity contribution < 1.29 is 17.6 Å². The monoisotopic (exact) mass is 337 g/mol. The number of halogens is 4. The Hall–Kier alpha value is -2.57. The minimum atomic E-state index is -4.73. The second-order valence-corrected chi connectivity index (χ2v) is 5.69. The molecule has 3 rings (SSSR count). The first-order chi connectivity index (χ1) is 11.3. The maximum absolute atomic E-state index is 13.3. The van der Waals surface area contributed by atoms with E-state index in [1.807, 2.05) is 30.4 Å². The molecule has 0 spiro atoms. The van der Waals surface area contributed by atoms with Crippen LogP contribution in [0.4, 0.5) is 17.6 Å². The van der Waals surface area contributed by atoms with Crippen LogP contribution in [-0.2, 0) is 12.7 Å². The van der Waals surface area contributed by atoms with E-state index in [9.17, 15) is 17.6 Å². The molecule has 1 aliphatic heterocycles. The number of benzene rings is 1. The first-order valence-electron chi connectivity index (χ1n) is 7.27. The number of hydrogen-bond acceptors (Lipinski definition) is 3. The van der Waals surface area contributed by atoms with E-state index in [0.29, 0.717) is 12.2 Å². The Morgan fingerprint density at radius 1 is 1.12 bits per heavy atom. The fourth-order valence-electron chi connectivity index (χ4n) is 2.52. The van der Waals surface area contributed by atoms with Crippen LogP contribution in [0.25, 0.3) is 11.3 Å². The summed E-state index contributed by atoms with van der Waals surface area (Å²) in [5.41, 5.74) is 0.266. The minimum absolute atomic E-state index is 0.232. The molecule has 0 fully saturated rings. The highest BCUT2D eigenvalue weighted by Gasteiger charge is 2.34. The molecule has 24 heavy (non-hydrogen) atoms. The molecular weight excluding hydrogens is 322 g/mol. The van der Waals surface area contributed by atoms with Gasteiger partial charge in [-0.1, -0.05) is 6.07 Å². The molecule has 0 radical (unpaired) electrons. The van der Waals surface area contributed by atoms with E-state index in [0.717, 1.165) is 24.4 Å². The molecule has 7 heteroatoms. The lowest BCUT2D eigenvalue weighted by Gasteiger charge is -2.18. The molecule has 1 aromatic heterocycles. The maximum Gasteiger partial charge on any atom is 0.419 e. The SMILES string of the molecule is CN1C=CN(Cc2ccc(-c3ccc(F)c(C(F)(F)F)c3)nc2)C1. The molecule has 1 aliphatic rings. The fourth-order valence-corrected chi connectivity index (χ4v) is 2.52. The number of pyridine rings is 1. The van der Waals surface area contributed by atoms with Crippen molar-refractivity contribution in [1.29, 1.82) is 0 Å². The molecule has 0 unspecified atom stereocenters. The highest BCUT2D eigenvalue weighted by molar-refractivity contribution is 5.60. The van der Waals surface area contributed by atoms with Gasteiger partial charge in [-0.2, -0.15) is 13.2 Å². The molecule has 0 saturated carbocycles. The van der Waals surface area contributed by atoms with Crippen molar-refractivity contribution in [1.82, 2.24) is 14.8 Å². The summed E-state index contributed by atoms with van der Waals surface area (Å²) in [7, 11) is 1.96. The van der Waals surface area contributed by atoms with Gasteiger partial charge < -0.3 is 9.80 Å². The lowest BCUT2D eigenvalue weighted by Crippen LogP contribution is -2.21. The van der Waals surface area contributed by atoms with E-state index in [2.05, 4.69) is 9.88 Å². The highest BCUT2D eigenvalue weighted by atomic mass is 19.4. The molecule has 2 heterocycles. The molecule has 0 amide bonds. The minimum Gasteiger partial charge on any atom is -0.362 e. The summed E-state index contributed by atoms with van der Waals surface area (Å²) in [5.74, 6) is -1.28. The van der Waals surface area contributed by atoms with Crippen LogP contribution in [0, 0.1) is 5.82 Å². The Morgan fingerprint density at radius 3 is 2.50 bits per heavy atom. The zero-order valence-electron chi connectivity index (χ0n) is 12.9. The van der Waals surface area contributed by atoms with Crippen LogP contribution < -0.4 is 0 Å². The first kappa shape index (κ1) is 16.3. The number of hydrogen-bond donors (Lipinski definition) is 0. The maximum atomic E-state index is 13.3. The molecule has 0 saturated heterocycles. The Balaban J connectivity index is 1.80. The molecule has 0 atom stereocenters. The van der Waals surface area contributed by atoms with E-state index in [1.54, 1.807) is 12.3 Å². The first-order valence-corrected chi connectivity index (χ1v) is 7.27. The number of rotatable bonds is 3. The van der Waals surface area contributed by atoms with E-state index >= 15 is 0 Å². The molecule has 0 bridgehead atoms. The van der Waals surface area contributed by atoms with Crippen LogP contribution >= 0.6 is 0 Å². The van der Waals surface area contributed by atoms with Crippen molar-refractivity contribution in [2.75, 3.05) is 13.7 Å². The van der Waals surface area contributed by atoms with Gasteiger partial charge in [-0.25, -0.2) is 4.39 Å². The molecule has 126 valence electrons. The van der Waals surface area contributed by atoms with Gasteiger partial charge in [-0.3, -0.25) is 4.98 Å². The van der Waals surface area contributed by atoms with Gasteiger partial charge in [-0.05, 0) is 29.8 Å². The lowest BCUT2D eigenvalue weighted by atomic mass is 10.1. The van der Waals surface area contributed by atoms with Crippen LogP contribution in [0.2, 0.25) is 0 Å². The number of nitrogens with zero attached hydrogens (tertiary/aromatic N) is 3. The van der Waals surface area contributed by atoms with Crippen LogP contribution in [0.15, 0.2) is 48.9 Å². The molecule has 2 aromatic rings. The van der Waals surface area contributed by atoms with Crippen LogP contribution in [0.5, 0.6) is 0 Å². The molecule has 0 aliphatic carbocycles. The van der Waals surface area contributed by atoms with Gasteiger partial charge in [0.2, 0.25) is 0 Å². The Labute approximate surface area is 136 Å². The van der Waals surface area contributed by atoms with Gasteiger partial charge in [0.15, 0.2) is 0 Å². The van der Waals surface area contributed by atoms with E-state index in [1.165, 1.54) is 6.07 Å². The Kier molecular flexibility index (Phi) is 4.17. The predicted octanol–water partition coefficient (Wildman–Crippen LogP) is 4.08. The van der Waals surface area contributed by atoms with Crippen molar-refractivity contribution in [3.05, 3.63) is 65.9 Å².